The molecule has 0 saturated heterocycles. The highest BCUT2D eigenvalue weighted by molar-refractivity contribution is 5.97. The van der Waals surface area contributed by atoms with Gasteiger partial charge in [-0.25, -0.2) is 9.67 Å². The fourth-order valence-electron chi connectivity index (χ4n) is 2.17. The van der Waals surface area contributed by atoms with Crippen LogP contribution in [0.4, 0.5) is 5.69 Å². The Kier molecular flexibility index (Phi) is 5.27. The smallest absolute Gasteiger partial charge is 0.244 e. The van der Waals surface area contributed by atoms with E-state index < -0.39 is 5.54 Å². The van der Waals surface area contributed by atoms with Crippen molar-refractivity contribution in [2.24, 2.45) is 5.73 Å². The molecule has 0 aliphatic carbocycles. The van der Waals surface area contributed by atoms with Gasteiger partial charge in [0, 0.05) is 5.69 Å². The molecule has 0 fully saturated rings. The number of aromatic nitrogens is 3. The number of hydrogen-bond acceptors (Lipinski definition) is 4. The average Bonchev–Trinajstić information content (AvgIpc) is 3.02. The van der Waals surface area contributed by atoms with Crippen molar-refractivity contribution in [1.29, 1.82) is 0 Å². The van der Waals surface area contributed by atoms with E-state index in [1.807, 2.05) is 24.3 Å². The van der Waals surface area contributed by atoms with Gasteiger partial charge in [0.15, 0.2) is 0 Å². The first-order valence-corrected chi connectivity index (χ1v) is 7.58. The SMILES string of the molecule is CCCCCC(C)(N)C(=O)Nc1ccc(-n2cncn2)cc1. The molecule has 0 aliphatic heterocycles. The molecule has 118 valence electrons. The summed E-state index contributed by atoms with van der Waals surface area (Å²) in [6, 6.07) is 7.40. The first-order chi connectivity index (χ1) is 10.5. The molecule has 6 heteroatoms. The monoisotopic (exact) mass is 301 g/mol. The summed E-state index contributed by atoms with van der Waals surface area (Å²) in [5.74, 6) is -0.155. The van der Waals surface area contributed by atoms with Crippen LogP contribution >= 0.6 is 0 Å². The Labute approximate surface area is 130 Å². The van der Waals surface area contributed by atoms with Gasteiger partial charge in [-0.05, 0) is 37.6 Å². The molecule has 0 aliphatic rings. The largest absolute Gasteiger partial charge is 0.325 e. The predicted molar refractivity (Wildman–Crippen MR) is 86.7 cm³/mol. The number of rotatable bonds is 7. The zero-order valence-electron chi connectivity index (χ0n) is 13.1. The molecular weight excluding hydrogens is 278 g/mol. The van der Waals surface area contributed by atoms with Crippen LogP contribution in [0.5, 0.6) is 0 Å². The van der Waals surface area contributed by atoms with Gasteiger partial charge in [-0.2, -0.15) is 5.10 Å². The summed E-state index contributed by atoms with van der Waals surface area (Å²) in [7, 11) is 0. The third-order valence-corrected chi connectivity index (χ3v) is 3.63. The Bertz CT molecular complexity index is 590. The van der Waals surface area contributed by atoms with Crippen LogP contribution < -0.4 is 11.1 Å². The highest BCUT2D eigenvalue weighted by atomic mass is 16.2. The van der Waals surface area contributed by atoms with Gasteiger partial charge >= 0.3 is 0 Å². The Hall–Kier alpha value is -2.21. The topological polar surface area (TPSA) is 85.8 Å². The minimum Gasteiger partial charge on any atom is -0.325 e. The number of hydrogen-bond donors (Lipinski definition) is 2. The van der Waals surface area contributed by atoms with Gasteiger partial charge in [-0.15, -0.1) is 0 Å². The summed E-state index contributed by atoms with van der Waals surface area (Å²) >= 11 is 0. The van der Waals surface area contributed by atoms with Gasteiger partial charge < -0.3 is 11.1 Å². The Morgan fingerprint density at radius 1 is 1.32 bits per heavy atom. The molecule has 1 aromatic carbocycles. The molecule has 1 atom stereocenters. The second-order valence-electron chi connectivity index (χ2n) is 5.72. The lowest BCUT2D eigenvalue weighted by Crippen LogP contribution is -2.48. The van der Waals surface area contributed by atoms with E-state index in [0.717, 1.165) is 30.6 Å². The van der Waals surface area contributed by atoms with Crippen LogP contribution in [0.3, 0.4) is 0 Å². The molecule has 1 amide bonds. The predicted octanol–water partition coefficient (Wildman–Crippen LogP) is 2.50. The van der Waals surface area contributed by atoms with E-state index in [1.165, 1.54) is 6.33 Å². The Balaban J connectivity index is 1.96. The van der Waals surface area contributed by atoms with Crippen LogP contribution in [-0.4, -0.2) is 26.2 Å². The van der Waals surface area contributed by atoms with Crippen LogP contribution in [0.1, 0.15) is 39.5 Å². The van der Waals surface area contributed by atoms with Crippen molar-refractivity contribution in [2.45, 2.75) is 45.1 Å². The molecule has 3 N–H and O–H groups in total. The molecule has 2 rings (SSSR count). The number of amides is 1. The van der Waals surface area contributed by atoms with Gasteiger partial charge in [-0.3, -0.25) is 4.79 Å². The maximum atomic E-state index is 12.3. The number of benzene rings is 1. The van der Waals surface area contributed by atoms with Gasteiger partial charge in [0.1, 0.15) is 12.7 Å². The van der Waals surface area contributed by atoms with Crippen LogP contribution in [0.15, 0.2) is 36.9 Å². The highest BCUT2D eigenvalue weighted by Gasteiger charge is 2.27. The summed E-state index contributed by atoms with van der Waals surface area (Å²) in [5.41, 5.74) is 6.88. The fraction of sp³-hybridized carbons (Fsp3) is 0.438. The van der Waals surface area contributed by atoms with Crippen molar-refractivity contribution in [3.8, 4) is 5.69 Å². The van der Waals surface area contributed by atoms with Gasteiger partial charge in [0.2, 0.25) is 5.91 Å². The van der Waals surface area contributed by atoms with Crippen LogP contribution in [-0.2, 0) is 4.79 Å². The number of nitrogens with zero attached hydrogens (tertiary/aromatic N) is 3. The van der Waals surface area contributed by atoms with Crippen LogP contribution in [0, 0.1) is 0 Å². The van der Waals surface area contributed by atoms with Gasteiger partial charge in [-0.1, -0.05) is 26.2 Å². The van der Waals surface area contributed by atoms with E-state index in [2.05, 4.69) is 22.3 Å². The van der Waals surface area contributed by atoms with E-state index >= 15 is 0 Å². The van der Waals surface area contributed by atoms with Gasteiger partial charge in [0.25, 0.3) is 0 Å². The highest BCUT2D eigenvalue weighted by Crippen LogP contribution is 2.17. The van der Waals surface area contributed by atoms with E-state index in [1.54, 1.807) is 17.9 Å². The van der Waals surface area contributed by atoms with Crippen molar-refractivity contribution < 1.29 is 4.79 Å². The number of carbonyl (C=O) groups is 1. The molecule has 0 radical (unpaired) electrons. The number of carbonyl (C=O) groups excluding carboxylic acids is 1. The molecule has 6 nitrogen and oxygen atoms in total. The second kappa shape index (κ2) is 7.17. The van der Waals surface area contributed by atoms with Gasteiger partial charge in [0.05, 0.1) is 11.2 Å². The number of anilines is 1. The maximum Gasteiger partial charge on any atom is 0.244 e. The minimum absolute atomic E-state index is 0.155. The number of nitrogens with two attached hydrogens (primary N) is 1. The third-order valence-electron chi connectivity index (χ3n) is 3.63. The summed E-state index contributed by atoms with van der Waals surface area (Å²) in [6.45, 7) is 3.91. The molecule has 0 spiro atoms. The summed E-state index contributed by atoms with van der Waals surface area (Å²) < 4.78 is 1.66. The molecule has 2 aromatic rings. The van der Waals surface area contributed by atoms with Crippen molar-refractivity contribution in [2.75, 3.05) is 5.32 Å². The Morgan fingerprint density at radius 3 is 2.64 bits per heavy atom. The minimum atomic E-state index is -0.847. The fourth-order valence-corrected chi connectivity index (χ4v) is 2.17. The lowest BCUT2D eigenvalue weighted by Gasteiger charge is -2.23. The van der Waals surface area contributed by atoms with E-state index in [4.69, 9.17) is 5.73 Å². The van der Waals surface area contributed by atoms with E-state index in [0.29, 0.717) is 6.42 Å². The number of unbranched alkanes of at least 4 members (excludes halogenated alkanes) is 2. The molecule has 1 heterocycles. The molecule has 1 unspecified atom stereocenters. The maximum absolute atomic E-state index is 12.3. The van der Waals surface area contributed by atoms with Crippen molar-refractivity contribution in [3.63, 3.8) is 0 Å². The van der Waals surface area contributed by atoms with E-state index in [9.17, 15) is 4.79 Å². The first kappa shape index (κ1) is 16.2. The standard InChI is InChI=1S/C16H23N5O/c1-3-4-5-10-16(2,17)15(22)20-13-6-8-14(9-7-13)21-12-18-11-19-21/h6-9,11-12H,3-5,10,17H2,1-2H3,(H,20,22). The zero-order chi connectivity index (χ0) is 16.0. The lowest BCUT2D eigenvalue weighted by molar-refractivity contribution is -0.120. The van der Waals surface area contributed by atoms with Crippen molar-refractivity contribution in [1.82, 2.24) is 14.8 Å². The quantitative estimate of drug-likeness (QED) is 0.769. The average molecular weight is 301 g/mol. The molecule has 0 saturated carbocycles. The van der Waals surface area contributed by atoms with Crippen LogP contribution in [0.2, 0.25) is 0 Å². The van der Waals surface area contributed by atoms with E-state index in [-0.39, 0.29) is 5.91 Å². The summed E-state index contributed by atoms with van der Waals surface area (Å²) in [6.07, 6.45) is 6.95. The van der Waals surface area contributed by atoms with Crippen molar-refractivity contribution in [3.05, 3.63) is 36.9 Å². The third kappa shape index (κ3) is 4.14. The molecule has 1 aromatic heterocycles. The number of nitrogens with one attached hydrogen (secondary N) is 1. The molecular formula is C16H23N5O. The normalized spacial score (nSPS) is 13.6. The summed E-state index contributed by atoms with van der Waals surface area (Å²) in [5, 5.41) is 6.93. The Morgan fingerprint density at radius 2 is 2.05 bits per heavy atom. The molecule has 0 bridgehead atoms. The zero-order valence-corrected chi connectivity index (χ0v) is 13.1. The van der Waals surface area contributed by atoms with Crippen LogP contribution in [0.25, 0.3) is 5.69 Å². The molecule has 22 heavy (non-hydrogen) atoms. The van der Waals surface area contributed by atoms with Crippen molar-refractivity contribution >= 4 is 11.6 Å². The summed E-state index contributed by atoms with van der Waals surface area (Å²) in [4.78, 5) is 16.2. The lowest BCUT2D eigenvalue weighted by atomic mass is 9.94. The second-order valence-corrected chi connectivity index (χ2v) is 5.72. The first-order valence-electron chi connectivity index (χ1n) is 7.58.